The van der Waals surface area contributed by atoms with Crippen molar-refractivity contribution in [1.29, 1.82) is 0 Å². The molecule has 0 aliphatic heterocycles. The molecule has 1 aliphatic rings. The summed E-state index contributed by atoms with van der Waals surface area (Å²) in [5.74, 6) is 0. The zero-order valence-corrected chi connectivity index (χ0v) is 16.0. The number of benzene rings is 3. The van der Waals surface area contributed by atoms with Gasteiger partial charge in [0.1, 0.15) is 0 Å². The van der Waals surface area contributed by atoms with E-state index in [-0.39, 0.29) is 0 Å². The molecule has 0 spiro atoms. The highest BCUT2D eigenvalue weighted by molar-refractivity contribution is 6.33. The van der Waals surface area contributed by atoms with Crippen LogP contribution in [0.15, 0.2) is 60.7 Å². The van der Waals surface area contributed by atoms with Gasteiger partial charge in [-0.05, 0) is 78.9 Å². The number of halogens is 1. The molecular weight excluding hydrogens is 340 g/mol. The molecule has 0 radical (unpaired) electrons. The topological polar surface area (TPSA) is 15.3 Å². The van der Waals surface area contributed by atoms with E-state index in [1.807, 2.05) is 24.3 Å². The van der Waals surface area contributed by atoms with Crippen LogP contribution in [0.2, 0.25) is 5.02 Å². The van der Waals surface area contributed by atoms with Gasteiger partial charge in [-0.3, -0.25) is 0 Å². The van der Waals surface area contributed by atoms with Crippen molar-refractivity contribution >= 4 is 28.7 Å². The van der Waals surface area contributed by atoms with Gasteiger partial charge in [-0.2, -0.15) is 0 Å². The first-order valence-electron chi connectivity index (χ1n) is 9.22. The summed E-state index contributed by atoms with van der Waals surface area (Å²) in [5.41, 5.74) is 8.81. The Morgan fingerprint density at radius 3 is 2.46 bits per heavy atom. The van der Waals surface area contributed by atoms with Crippen molar-refractivity contribution in [3.05, 3.63) is 76.8 Å². The van der Waals surface area contributed by atoms with Crippen LogP contribution in [0.4, 0.5) is 17.1 Å². The average Bonchev–Trinajstić information content (AvgIpc) is 3.02. The van der Waals surface area contributed by atoms with E-state index in [1.165, 1.54) is 27.9 Å². The Labute approximate surface area is 160 Å². The lowest BCUT2D eigenvalue weighted by Crippen LogP contribution is -2.21. The SMILES string of the molecule is CCN(CC)c1ccc2c(c1)-c1ccc(Nc3ccccc3Cl)cc1C2. The van der Waals surface area contributed by atoms with Crippen LogP contribution in [0.5, 0.6) is 0 Å². The molecule has 3 aromatic carbocycles. The second-order valence-corrected chi connectivity index (χ2v) is 7.07. The summed E-state index contributed by atoms with van der Waals surface area (Å²) in [4.78, 5) is 2.39. The summed E-state index contributed by atoms with van der Waals surface area (Å²) in [5, 5.41) is 4.17. The van der Waals surface area contributed by atoms with Crippen LogP contribution in [-0.4, -0.2) is 13.1 Å². The van der Waals surface area contributed by atoms with Gasteiger partial charge in [0.25, 0.3) is 0 Å². The second kappa shape index (κ2) is 7.05. The predicted molar refractivity (Wildman–Crippen MR) is 113 cm³/mol. The van der Waals surface area contributed by atoms with Gasteiger partial charge in [-0.1, -0.05) is 35.9 Å². The summed E-state index contributed by atoms with van der Waals surface area (Å²) in [6, 6.07) is 21.3. The molecule has 26 heavy (non-hydrogen) atoms. The van der Waals surface area contributed by atoms with Crippen molar-refractivity contribution in [2.75, 3.05) is 23.3 Å². The molecule has 0 amide bonds. The zero-order valence-electron chi connectivity index (χ0n) is 15.2. The van der Waals surface area contributed by atoms with E-state index in [9.17, 15) is 0 Å². The Hall–Kier alpha value is -2.45. The lowest BCUT2D eigenvalue weighted by Gasteiger charge is -2.21. The van der Waals surface area contributed by atoms with Gasteiger partial charge >= 0.3 is 0 Å². The molecular formula is C23H23ClN2. The van der Waals surface area contributed by atoms with Gasteiger partial charge in [0.2, 0.25) is 0 Å². The summed E-state index contributed by atoms with van der Waals surface area (Å²) < 4.78 is 0. The summed E-state index contributed by atoms with van der Waals surface area (Å²) in [7, 11) is 0. The summed E-state index contributed by atoms with van der Waals surface area (Å²) in [6.45, 7) is 6.47. The van der Waals surface area contributed by atoms with E-state index in [0.717, 1.165) is 35.9 Å². The van der Waals surface area contributed by atoms with Crippen LogP contribution < -0.4 is 10.2 Å². The monoisotopic (exact) mass is 362 g/mol. The van der Waals surface area contributed by atoms with Crippen LogP contribution in [0.1, 0.15) is 25.0 Å². The fourth-order valence-corrected chi connectivity index (χ4v) is 3.94. The van der Waals surface area contributed by atoms with E-state index in [2.05, 4.69) is 60.5 Å². The first-order chi connectivity index (χ1) is 12.7. The maximum Gasteiger partial charge on any atom is 0.0640 e. The Morgan fingerprint density at radius 2 is 1.69 bits per heavy atom. The van der Waals surface area contributed by atoms with E-state index in [4.69, 9.17) is 11.6 Å². The Kier molecular flexibility index (Phi) is 4.60. The lowest BCUT2D eigenvalue weighted by molar-refractivity contribution is 0.866. The Balaban J connectivity index is 1.65. The summed E-state index contributed by atoms with van der Waals surface area (Å²) >= 11 is 6.27. The number of para-hydroxylation sites is 1. The largest absolute Gasteiger partial charge is 0.372 e. The van der Waals surface area contributed by atoms with Crippen molar-refractivity contribution in [3.8, 4) is 11.1 Å². The molecule has 1 N–H and O–H groups in total. The number of anilines is 3. The molecule has 0 unspecified atom stereocenters. The number of nitrogens with zero attached hydrogens (tertiary/aromatic N) is 1. The third-order valence-electron chi connectivity index (χ3n) is 5.15. The standard InChI is InChI=1S/C23H23ClN2/c1-3-26(4-2)19-11-9-16-13-17-14-18(10-12-20(17)21(16)15-19)25-23-8-6-5-7-22(23)24/h5-12,14-15,25H,3-4,13H2,1-2H3. The van der Waals surface area contributed by atoms with Gasteiger partial charge in [0.15, 0.2) is 0 Å². The third-order valence-corrected chi connectivity index (χ3v) is 5.48. The van der Waals surface area contributed by atoms with E-state index in [1.54, 1.807) is 0 Å². The molecule has 0 atom stereocenters. The molecule has 0 bridgehead atoms. The molecule has 0 aromatic heterocycles. The molecule has 4 rings (SSSR count). The maximum atomic E-state index is 6.27. The predicted octanol–water partition coefficient (Wildman–Crippen LogP) is 6.50. The number of fused-ring (bicyclic) bond motifs is 3. The molecule has 0 saturated carbocycles. The van der Waals surface area contributed by atoms with Gasteiger partial charge in [0, 0.05) is 24.5 Å². The minimum atomic E-state index is 0.736. The molecule has 2 nitrogen and oxygen atoms in total. The van der Waals surface area contributed by atoms with Crippen LogP contribution in [0.25, 0.3) is 11.1 Å². The van der Waals surface area contributed by atoms with Gasteiger partial charge in [0.05, 0.1) is 10.7 Å². The normalized spacial score (nSPS) is 11.8. The molecule has 1 aliphatic carbocycles. The highest BCUT2D eigenvalue weighted by Gasteiger charge is 2.20. The van der Waals surface area contributed by atoms with E-state index in [0.29, 0.717) is 0 Å². The minimum absolute atomic E-state index is 0.736. The van der Waals surface area contributed by atoms with Gasteiger partial charge in [-0.15, -0.1) is 0 Å². The van der Waals surface area contributed by atoms with Crippen molar-refractivity contribution in [3.63, 3.8) is 0 Å². The fourth-order valence-electron chi connectivity index (χ4n) is 3.76. The van der Waals surface area contributed by atoms with Crippen molar-refractivity contribution < 1.29 is 0 Å². The van der Waals surface area contributed by atoms with Crippen molar-refractivity contribution in [2.45, 2.75) is 20.3 Å². The number of hydrogen-bond acceptors (Lipinski definition) is 2. The molecule has 3 heteroatoms. The smallest absolute Gasteiger partial charge is 0.0640 e. The lowest BCUT2D eigenvalue weighted by atomic mass is 10.0. The summed E-state index contributed by atoms with van der Waals surface area (Å²) in [6.07, 6.45) is 0.987. The van der Waals surface area contributed by atoms with Gasteiger partial charge in [-0.25, -0.2) is 0 Å². The van der Waals surface area contributed by atoms with Crippen molar-refractivity contribution in [1.82, 2.24) is 0 Å². The molecule has 132 valence electrons. The molecule has 0 saturated heterocycles. The number of rotatable bonds is 5. The number of hydrogen-bond donors (Lipinski definition) is 1. The Morgan fingerprint density at radius 1 is 0.885 bits per heavy atom. The maximum absolute atomic E-state index is 6.27. The first kappa shape index (κ1) is 17.0. The quantitative estimate of drug-likeness (QED) is 0.435. The second-order valence-electron chi connectivity index (χ2n) is 6.67. The van der Waals surface area contributed by atoms with Gasteiger partial charge < -0.3 is 10.2 Å². The highest BCUT2D eigenvalue weighted by Crippen LogP contribution is 2.40. The average molecular weight is 363 g/mol. The Bertz CT molecular complexity index is 945. The molecule has 0 heterocycles. The molecule has 0 fully saturated rings. The molecule has 3 aromatic rings. The number of nitrogens with one attached hydrogen (secondary N) is 1. The highest BCUT2D eigenvalue weighted by atomic mass is 35.5. The van der Waals surface area contributed by atoms with Crippen LogP contribution in [0.3, 0.4) is 0 Å². The van der Waals surface area contributed by atoms with Crippen LogP contribution in [-0.2, 0) is 6.42 Å². The van der Waals surface area contributed by atoms with Crippen molar-refractivity contribution in [2.24, 2.45) is 0 Å². The zero-order chi connectivity index (χ0) is 18.1. The van der Waals surface area contributed by atoms with Crippen LogP contribution >= 0.6 is 11.6 Å². The minimum Gasteiger partial charge on any atom is -0.372 e. The fraction of sp³-hybridized carbons (Fsp3) is 0.217. The van der Waals surface area contributed by atoms with Crippen LogP contribution in [0, 0.1) is 0 Å². The first-order valence-corrected chi connectivity index (χ1v) is 9.60. The van der Waals surface area contributed by atoms with E-state index >= 15 is 0 Å². The van der Waals surface area contributed by atoms with E-state index < -0.39 is 0 Å². The third kappa shape index (κ3) is 3.06.